The molecule has 0 atom stereocenters. The van der Waals surface area contributed by atoms with Crippen LogP contribution >= 0.6 is 11.3 Å². The molecule has 11 nitrogen and oxygen atoms in total. The first kappa shape index (κ1) is 25.4. The zero-order chi connectivity index (χ0) is 24.8. The first-order valence-electron chi connectivity index (χ1n) is 11.6. The summed E-state index contributed by atoms with van der Waals surface area (Å²) in [6.07, 6.45) is 3.33. The van der Waals surface area contributed by atoms with Crippen LogP contribution in [-0.2, 0) is 22.7 Å². The van der Waals surface area contributed by atoms with Gasteiger partial charge in [-0.1, -0.05) is 19.6 Å². The van der Waals surface area contributed by atoms with E-state index in [0.29, 0.717) is 61.1 Å². The second kappa shape index (κ2) is 11.3. The minimum absolute atomic E-state index is 0.337. The first-order valence-corrected chi connectivity index (χ1v) is 16.1. The predicted octanol–water partition coefficient (Wildman–Crippen LogP) is 2.78. The number of hydrogen-bond donors (Lipinski definition) is 2. The van der Waals surface area contributed by atoms with E-state index in [2.05, 4.69) is 49.9 Å². The lowest BCUT2D eigenvalue weighted by Crippen LogP contribution is -2.36. The third-order valence-corrected chi connectivity index (χ3v) is 8.14. The monoisotopic (exact) mass is 516 g/mol. The van der Waals surface area contributed by atoms with E-state index in [9.17, 15) is 4.79 Å². The topological polar surface area (TPSA) is 133 Å². The zero-order valence-corrected chi connectivity index (χ0v) is 22.2. The van der Waals surface area contributed by atoms with Crippen LogP contribution in [0.3, 0.4) is 0 Å². The van der Waals surface area contributed by atoms with E-state index in [4.69, 9.17) is 15.2 Å². The fraction of sp³-hybridized carbons (Fsp3) is 0.500. The van der Waals surface area contributed by atoms with Crippen molar-refractivity contribution in [3.8, 4) is 10.7 Å². The molecule has 13 heteroatoms. The third kappa shape index (κ3) is 7.38. The van der Waals surface area contributed by atoms with Crippen LogP contribution in [-0.4, -0.2) is 76.5 Å². The molecule has 3 aromatic rings. The number of nitrogens with zero attached hydrogens (tertiary/aromatic N) is 6. The Hall–Kier alpha value is -2.71. The SMILES string of the molecule is C[Si](C)(C)CCOCn1cnc(-c2cc(C(N)=O)c(Nc3ccnc(CN4CCOCC4)n3)s2)n1. The van der Waals surface area contributed by atoms with Gasteiger partial charge in [0.1, 0.15) is 29.7 Å². The summed E-state index contributed by atoms with van der Waals surface area (Å²) < 4.78 is 12.8. The molecule has 0 unspecified atom stereocenters. The maximum Gasteiger partial charge on any atom is 0.251 e. The maximum absolute atomic E-state index is 12.1. The van der Waals surface area contributed by atoms with Gasteiger partial charge >= 0.3 is 0 Å². The Morgan fingerprint density at radius 3 is 2.83 bits per heavy atom. The number of morpholine rings is 1. The minimum Gasteiger partial charge on any atom is -0.379 e. The molecule has 1 saturated heterocycles. The van der Waals surface area contributed by atoms with Gasteiger partial charge in [0.25, 0.3) is 5.91 Å². The molecule has 0 spiro atoms. The Kier molecular flexibility index (Phi) is 8.23. The number of carbonyl (C=O) groups is 1. The molecule has 3 N–H and O–H groups in total. The maximum atomic E-state index is 12.1. The standard InChI is InChI=1S/C22H32N8O3SSi/c1-35(2,3)11-10-33-15-30-14-25-21(28-30)17-12-16(20(23)31)22(34-17)27-18-4-5-24-19(26-18)13-29-6-8-32-9-7-29/h4-5,12,14H,6-11,13,15H2,1-3H3,(H2,23,31)(H,24,26,27). The first-order chi connectivity index (χ1) is 16.8. The van der Waals surface area contributed by atoms with Gasteiger partial charge in [0, 0.05) is 34.0 Å². The van der Waals surface area contributed by atoms with Crippen molar-refractivity contribution in [1.29, 1.82) is 0 Å². The molecule has 1 amide bonds. The van der Waals surface area contributed by atoms with Crippen LogP contribution in [0.4, 0.5) is 10.8 Å². The largest absolute Gasteiger partial charge is 0.379 e. The Morgan fingerprint density at radius 2 is 2.09 bits per heavy atom. The molecule has 1 fully saturated rings. The minimum atomic E-state index is -1.14. The van der Waals surface area contributed by atoms with Gasteiger partial charge in [-0.2, -0.15) is 0 Å². The van der Waals surface area contributed by atoms with E-state index < -0.39 is 14.0 Å². The van der Waals surface area contributed by atoms with E-state index in [1.807, 2.05) is 0 Å². The molecule has 0 aromatic carbocycles. The lowest BCUT2D eigenvalue weighted by atomic mass is 10.2. The molecule has 1 aliphatic rings. The molecular weight excluding hydrogens is 484 g/mol. The van der Waals surface area contributed by atoms with E-state index in [-0.39, 0.29) is 0 Å². The Morgan fingerprint density at radius 1 is 1.29 bits per heavy atom. The number of ether oxygens (including phenoxy) is 2. The number of nitrogens with one attached hydrogen (secondary N) is 1. The van der Waals surface area contributed by atoms with Crippen LogP contribution in [0.15, 0.2) is 24.7 Å². The van der Waals surface area contributed by atoms with Crippen molar-refractivity contribution >= 4 is 36.1 Å². The van der Waals surface area contributed by atoms with Gasteiger partial charge in [-0.3, -0.25) is 9.69 Å². The number of aromatic nitrogens is 5. The molecule has 0 bridgehead atoms. The number of nitrogens with two attached hydrogens (primary N) is 1. The van der Waals surface area contributed by atoms with Gasteiger partial charge in [0.05, 0.1) is 30.2 Å². The van der Waals surface area contributed by atoms with Crippen LogP contribution in [0, 0.1) is 0 Å². The summed E-state index contributed by atoms with van der Waals surface area (Å²) in [6, 6.07) is 4.56. The van der Waals surface area contributed by atoms with Crippen molar-refractivity contribution in [3.63, 3.8) is 0 Å². The van der Waals surface area contributed by atoms with Gasteiger partial charge < -0.3 is 20.5 Å². The molecule has 1 aliphatic heterocycles. The summed E-state index contributed by atoms with van der Waals surface area (Å²) in [5, 5.41) is 8.31. The molecule has 3 aromatic heterocycles. The summed E-state index contributed by atoms with van der Waals surface area (Å²) in [5.41, 5.74) is 6.01. The molecule has 188 valence electrons. The zero-order valence-electron chi connectivity index (χ0n) is 20.4. The number of amides is 1. The molecule has 4 rings (SSSR count). The number of rotatable bonds is 11. The lowest BCUT2D eigenvalue weighted by molar-refractivity contribution is 0.0331. The smallest absolute Gasteiger partial charge is 0.251 e. The number of carbonyl (C=O) groups excluding carboxylic acids is 1. The second-order valence-electron chi connectivity index (χ2n) is 9.54. The van der Waals surface area contributed by atoms with Crippen LogP contribution in [0.5, 0.6) is 0 Å². The molecule has 4 heterocycles. The van der Waals surface area contributed by atoms with E-state index in [1.54, 1.807) is 29.3 Å². The Bertz CT molecular complexity index is 1140. The Labute approximate surface area is 209 Å². The van der Waals surface area contributed by atoms with Crippen LogP contribution in [0.25, 0.3) is 10.7 Å². The van der Waals surface area contributed by atoms with Crippen molar-refractivity contribution < 1.29 is 14.3 Å². The van der Waals surface area contributed by atoms with E-state index in [0.717, 1.165) is 24.0 Å². The molecule has 0 aliphatic carbocycles. The average Bonchev–Trinajstić information content (AvgIpc) is 3.44. The second-order valence-corrected chi connectivity index (χ2v) is 16.2. The normalized spacial score (nSPS) is 14.8. The van der Waals surface area contributed by atoms with E-state index in [1.165, 1.54) is 11.3 Å². The quantitative estimate of drug-likeness (QED) is 0.291. The summed E-state index contributed by atoms with van der Waals surface area (Å²) in [4.78, 5) is 28.5. The van der Waals surface area contributed by atoms with Gasteiger partial charge in [-0.15, -0.1) is 16.4 Å². The summed E-state index contributed by atoms with van der Waals surface area (Å²) in [7, 11) is -1.14. The molecule has 0 saturated carbocycles. The average molecular weight is 517 g/mol. The van der Waals surface area contributed by atoms with Crippen LogP contribution < -0.4 is 11.1 Å². The van der Waals surface area contributed by atoms with Crippen LogP contribution in [0.1, 0.15) is 16.2 Å². The van der Waals surface area contributed by atoms with Gasteiger partial charge in [0.2, 0.25) is 0 Å². The fourth-order valence-electron chi connectivity index (χ4n) is 3.40. The molecule has 35 heavy (non-hydrogen) atoms. The highest BCUT2D eigenvalue weighted by Crippen LogP contribution is 2.35. The van der Waals surface area contributed by atoms with E-state index >= 15 is 0 Å². The van der Waals surface area contributed by atoms with Crippen molar-refractivity contribution in [2.45, 2.75) is 39.0 Å². The third-order valence-electron chi connectivity index (χ3n) is 5.39. The predicted molar refractivity (Wildman–Crippen MR) is 137 cm³/mol. The van der Waals surface area contributed by atoms with Gasteiger partial charge in [-0.05, 0) is 18.2 Å². The van der Waals surface area contributed by atoms with Crippen molar-refractivity contribution in [3.05, 3.63) is 36.0 Å². The number of thiophene rings is 1. The van der Waals surface area contributed by atoms with Crippen molar-refractivity contribution in [1.82, 2.24) is 29.6 Å². The highest BCUT2D eigenvalue weighted by molar-refractivity contribution is 7.19. The summed E-state index contributed by atoms with van der Waals surface area (Å²) >= 11 is 1.35. The number of anilines is 2. The highest BCUT2D eigenvalue weighted by atomic mass is 32.1. The summed E-state index contributed by atoms with van der Waals surface area (Å²) in [5.74, 6) is 1.26. The lowest BCUT2D eigenvalue weighted by Gasteiger charge is -2.25. The molecule has 0 radical (unpaired) electrons. The highest BCUT2D eigenvalue weighted by Gasteiger charge is 2.19. The van der Waals surface area contributed by atoms with Crippen molar-refractivity contribution in [2.75, 3.05) is 38.2 Å². The Balaban J connectivity index is 1.43. The van der Waals surface area contributed by atoms with Crippen LogP contribution in [0.2, 0.25) is 25.7 Å². The number of hydrogen-bond acceptors (Lipinski definition) is 10. The van der Waals surface area contributed by atoms with Gasteiger partial charge in [-0.25, -0.2) is 19.6 Å². The fourth-order valence-corrected chi connectivity index (χ4v) is 5.17. The van der Waals surface area contributed by atoms with Gasteiger partial charge in [0.15, 0.2) is 5.82 Å². The summed E-state index contributed by atoms with van der Waals surface area (Å²) in [6.45, 7) is 11.8. The van der Waals surface area contributed by atoms with Crippen molar-refractivity contribution in [2.24, 2.45) is 5.73 Å². The number of primary amides is 1. The molecular formula is C22H32N8O3SSi.